The minimum atomic E-state index is -3.86. The average Bonchev–Trinajstić information content (AvgIpc) is 2.80. The SMILES string of the molecule is Cc1cc(C)c(S(=O)(=O)N(CCc2ccccc2)CC(=O)N[C@@H](C)CCc2ccccc2)c(C)c1. The largest absolute Gasteiger partial charge is 0.352 e. The van der Waals surface area contributed by atoms with Gasteiger partial charge in [0.05, 0.1) is 11.4 Å². The molecule has 0 bridgehead atoms. The van der Waals surface area contributed by atoms with E-state index in [9.17, 15) is 13.2 Å². The topological polar surface area (TPSA) is 66.5 Å². The fraction of sp³-hybridized carbons (Fsp3) is 0.345. The van der Waals surface area contributed by atoms with Crippen LogP contribution in [-0.4, -0.2) is 37.8 Å². The van der Waals surface area contributed by atoms with Crippen LogP contribution in [0, 0.1) is 20.8 Å². The van der Waals surface area contributed by atoms with E-state index < -0.39 is 10.0 Å². The van der Waals surface area contributed by atoms with Gasteiger partial charge in [0.1, 0.15) is 0 Å². The number of aryl methyl sites for hydroxylation is 4. The summed E-state index contributed by atoms with van der Waals surface area (Å²) in [4.78, 5) is 13.3. The Kier molecular flexibility index (Phi) is 9.24. The molecule has 0 radical (unpaired) electrons. The number of hydrogen-bond donors (Lipinski definition) is 1. The first-order valence-electron chi connectivity index (χ1n) is 12.1. The summed E-state index contributed by atoms with van der Waals surface area (Å²) in [5.74, 6) is -0.287. The maximum atomic E-state index is 13.8. The second-order valence-corrected chi connectivity index (χ2v) is 11.2. The average molecular weight is 493 g/mol. The molecule has 1 N–H and O–H groups in total. The molecule has 3 aromatic rings. The Labute approximate surface area is 210 Å². The number of nitrogens with zero attached hydrogens (tertiary/aromatic N) is 1. The Hall–Kier alpha value is -2.96. The fourth-order valence-corrected chi connectivity index (χ4v) is 6.27. The van der Waals surface area contributed by atoms with Gasteiger partial charge in [0.25, 0.3) is 0 Å². The monoisotopic (exact) mass is 492 g/mol. The summed E-state index contributed by atoms with van der Waals surface area (Å²) < 4.78 is 28.9. The molecule has 3 aromatic carbocycles. The maximum absolute atomic E-state index is 13.8. The Morgan fingerprint density at radius 1 is 0.857 bits per heavy atom. The number of benzene rings is 3. The van der Waals surface area contributed by atoms with E-state index in [1.54, 1.807) is 0 Å². The maximum Gasteiger partial charge on any atom is 0.244 e. The number of nitrogens with one attached hydrogen (secondary N) is 1. The van der Waals surface area contributed by atoms with Crippen LogP contribution in [0.25, 0.3) is 0 Å². The molecule has 6 heteroatoms. The van der Waals surface area contributed by atoms with E-state index in [1.165, 1.54) is 9.87 Å². The van der Waals surface area contributed by atoms with E-state index in [-0.39, 0.29) is 25.0 Å². The van der Waals surface area contributed by atoms with Gasteiger partial charge in [-0.3, -0.25) is 4.79 Å². The molecule has 3 rings (SSSR count). The number of hydrogen-bond acceptors (Lipinski definition) is 3. The molecule has 0 heterocycles. The highest BCUT2D eigenvalue weighted by Crippen LogP contribution is 2.25. The molecular formula is C29H36N2O3S. The third-order valence-electron chi connectivity index (χ3n) is 6.13. The van der Waals surface area contributed by atoms with E-state index in [2.05, 4.69) is 17.4 Å². The first kappa shape index (κ1) is 26.6. The lowest BCUT2D eigenvalue weighted by molar-refractivity contribution is -0.121. The molecule has 186 valence electrons. The Morgan fingerprint density at radius 2 is 1.37 bits per heavy atom. The molecule has 0 aliphatic carbocycles. The third kappa shape index (κ3) is 7.51. The molecule has 0 unspecified atom stereocenters. The van der Waals surface area contributed by atoms with Crippen LogP contribution in [0.15, 0.2) is 77.7 Å². The van der Waals surface area contributed by atoms with Crippen molar-refractivity contribution in [2.24, 2.45) is 0 Å². The standard InChI is InChI=1S/C29H36N2O3S/c1-22-19-23(2)29(24(3)20-22)35(33,34)31(18-17-27-13-9-6-10-14-27)21-28(32)30-25(4)15-16-26-11-7-5-8-12-26/h5-14,19-20,25H,15-18,21H2,1-4H3,(H,30,32)/t25-/m0/s1. The van der Waals surface area contributed by atoms with Crippen molar-refractivity contribution >= 4 is 15.9 Å². The third-order valence-corrected chi connectivity index (χ3v) is 8.28. The van der Waals surface area contributed by atoms with Crippen molar-refractivity contribution in [3.63, 3.8) is 0 Å². The quantitative estimate of drug-likeness (QED) is 0.410. The number of rotatable bonds is 11. The van der Waals surface area contributed by atoms with Crippen LogP contribution in [0.2, 0.25) is 0 Å². The van der Waals surface area contributed by atoms with Gasteiger partial charge in [-0.2, -0.15) is 4.31 Å². The Morgan fingerprint density at radius 3 is 1.91 bits per heavy atom. The van der Waals surface area contributed by atoms with Crippen molar-refractivity contribution in [2.45, 2.75) is 57.9 Å². The van der Waals surface area contributed by atoms with Crippen LogP contribution >= 0.6 is 0 Å². The van der Waals surface area contributed by atoms with Gasteiger partial charge in [0, 0.05) is 12.6 Å². The van der Waals surface area contributed by atoms with Gasteiger partial charge in [-0.15, -0.1) is 0 Å². The number of carbonyl (C=O) groups excluding carboxylic acids is 1. The lowest BCUT2D eigenvalue weighted by atomic mass is 10.1. The second-order valence-electron chi connectivity index (χ2n) is 9.29. The van der Waals surface area contributed by atoms with Gasteiger partial charge in [-0.25, -0.2) is 8.42 Å². The van der Waals surface area contributed by atoms with Crippen molar-refractivity contribution in [2.75, 3.05) is 13.1 Å². The molecule has 0 aromatic heterocycles. The molecule has 0 fully saturated rings. The van der Waals surface area contributed by atoms with Crippen molar-refractivity contribution in [3.05, 3.63) is 101 Å². The van der Waals surface area contributed by atoms with Gasteiger partial charge >= 0.3 is 0 Å². The molecule has 1 atom stereocenters. The Bertz CT molecular complexity index is 1200. The normalized spacial score (nSPS) is 12.5. The van der Waals surface area contributed by atoms with Crippen LogP contribution in [0.1, 0.15) is 41.2 Å². The molecule has 0 saturated heterocycles. The van der Waals surface area contributed by atoms with E-state index in [4.69, 9.17) is 0 Å². The smallest absolute Gasteiger partial charge is 0.244 e. The summed E-state index contributed by atoms with van der Waals surface area (Å²) in [6.07, 6.45) is 2.16. The molecule has 35 heavy (non-hydrogen) atoms. The highest BCUT2D eigenvalue weighted by molar-refractivity contribution is 7.89. The summed E-state index contributed by atoms with van der Waals surface area (Å²) in [5.41, 5.74) is 4.65. The first-order valence-corrected chi connectivity index (χ1v) is 13.6. The predicted octanol–water partition coefficient (Wildman–Crippen LogP) is 4.98. The molecule has 1 amide bonds. The highest BCUT2D eigenvalue weighted by atomic mass is 32.2. The van der Waals surface area contributed by atoms with Gasteiger partial charge in [-0.1, -0.05) is 78.4 Å². The lowest BCUT2D eigenvalue weighted by Gasteiger charge is -2.25. The number of amides is 1. The molecular weight excluding hydrogens is 456 g/mol. The summed E-state index contributed by atoms with van der Waals surface area (Å²) in [5, 5.41) is 3.00. The fourth-order valence-electron chi connectivity index (χ4n) is 4.47. The van der Waals surface area contributed by atoms with Crippen LogP contribution in [0.5, 0.6) is 0 Å². The van der Waals surface area contributed by atoms with Gasteiger partial charge in [0.2, 0.25) is 15.9 Å². The molecule has 0 spiro atoms. The lowest BCUT2D eigenvalue weighted by Crippen LogP contribution is -2.44. The van der Waals surface area contributed by atoms with E-state index >= 15 is 0 Å². The van der Waals surface area contributed by atoms with Crippen LogP contribution in [0.3, 0.4) is 0 Å². The molecule has 0 aliphatic heterocycles. The highest BCUT2D eigenvalue weighted by Gasteiger charge is 2.29. The van der Waals surface area contributed by atoms with Gasteiger partial charge < -0.3 is 5.32 Å². The predicted molar refractivity (Wildman–Crippen MR) is 142 cm³/mol. The minimum Gasteiger partial charge on any atom is -0.352 e. The van der Waals surface area contributed by atoms with Crippen molar-refractivity contribution < 1.29 is 13.2 Å². The summed E-state index contributed by atoms with van der Waals surface area (Å²) in [7, 11) is -3.86. The van der Waals surface area contributed by atoms with E-state index in [0.717, 1.165) is 24.0 Å². The van der Waals surface area contributed by atoms with Crippen LogP contribution < -0.4 is 5.32 Å². The zero-order chi connectivity index (χ0) is 25.4. The molecule has 0 aliphatic rings. The van der Waals surface area contributed by atoms with Crippen LogP contribution in [-0.2, 0) is 27.7 Å². The van der Waals surface area contributed by atoms with E-state index in [0.29, 0.717) is 22.4 Å². The summed E-state index contributed by atoms with van der Waals surface area (Å²) in [6, 6.07) is 23.6. The second kappa shape index (κ2) is 12.1. The molecule has 5 nitrogen and oxygen atoms in total. The number of carbonyl (C=O) groups is 1. The minimum absolute atomic E-state index is 0.0655. The Balaban J connectivity index is 1.75. The molecule has 0 saturated carbocycles. The number of sulfonamides is 1. The van der Waals surface area contributed by atoms with Crippen molar-refractivity contribution in [1.29, 1.82) is 0 Å². The van der Waals surface area contributed by atoms with Crippen LogP contribution in [0.4, 0.5) is 0 Å². The summed E-state index contributed by atoms with van der Waals surface area (Å²) >= 11 is 0. The van der Waals surface area contributed by atoms with Gasteiger partial charge in [-0.05, 0) is 69.2 Å². The van der Waals surface area contributed by atoms with E-state index in [1.807, 2.05) is 88.4 Å². The zero-order valence-corrected chi connectivity index (χ0v) is 21.9. The van der Waals surface area contributed by atoms with Crippen molar-refractivity contribution in [1.82, 2.24) is 9.62 Å². The zero-order valence-electron chi connectivity index (χ0n) is 21.1. The van der Waals surface area contributed by atoms with Crippen molar-refractivity contribution in [3.8, 4) is 0 Å². The first-order chi connectivity index (χ1) is 16.7. The van der Waals surface area contributed by atoms with Gasteiger partial charge in [0.15, 0.2) is 0 Å². The summed E-state index contributed by atoms with van der Waals surface area (Å²) in [6.45, 7) is 7.55.